The third kappa shape index (κ3) is 4.56. The zero-order chi connectivity index (χ0) is 22.8. The number of amides is 1. The molecule has 8 heteroatoms. The number of ether oxygens (including phenoxy) is 1. The van der Waals surface area contributed by atoms with E-state index in [1.165, 1.54) is 12.1 Å². The molecule has 0 saturated heterocycles. The summed E-state index contributed by atoms with van der Waals surface area (Å²) in [6.07, 6.45) is -1.10. The summed E-state index contributed by atoms with van der Waals surface area (Å²) in [6, 6.07) is 17.5. The first kappa shape index (κ1) is 22.5. The van der Waals surface area contributed by atoms with Crippen molar-refractivity contribution in [1.29, 1.82) is 0 Å². The molecular formula is C24H18Br2FNO4. The Labute approximate surface area is 200 Å². The van der Waals surface area contributed by atoms with Gasteiger partial charge in [0.05, 0.1) is 4.47 Å². The lowest BCUT2D eigenvalue weighted by Gasteiger charge is -2.18. The number of hydrogen-bond donors (Lipinski definition) is 2. The predicted molar refractivity (Wildman–Crippen MR) is 125 cm³/mol. The van der Waals surface area contributed by atoms with Crippen LogP contribution < -0.4 is 5.32 Å². The van der Waals surface area contributed by atoms with Crippen LogP contribution >= 0.6 is 31.9 Å². The molecule has 164 valence electrons. The minimum atomic E-state index is -1.35. The Bertz CT molecular complexity index is 1150. The topological polar surface area (TPSA) is 75.6 Å². The number of carboxylic acid groups (broad SMARTS) is 1. The van der Waals surface area contributed by atoms with Crippen molar-refractivity contribution in [1.82, 2.24) is 5.32 Å². The monoisotopic (exact) mass is 561 g/mol. The molecule has 1 unspecified atom stereocenters. The van der Waals surface area contributed by atoms with Gasteiger partial charge in [-0.1, -0.05) is 64.5 Å². The molecule has 1 amide bonds. The van der Waals surface area contributed by atoms with E-state index in [0.29, 0.717) is 4.47 Å². The molecule has 0 aliphatic heterocycles. The van der Waals surface area contributed by atoms with E-state index in [9.17, 15) is 19.1 Å². The summed E-state index contributed by atoms with van der Waals surface area (Å²) in [5.41, 5.74) is 4.44. The van der Waals surface area contributed by atoms with E-state index in [2.05, 4.69) is 37.2 Å². The van der Waals surface area contributed by atoms with Gasteiger partial charge in [-0.05, 0) is 55.9 Å². The molecule has 0 bridgehead atoms. The Morgan fingerprint density at radius 3 is 2.22 bits per heavy atom. The van der Waals surface area contributed by atoms with Crippen molar-refractivity contribution >= 4 is 43.9 Å². The minimum absolute atomic E-state index is 0.0585. The van der Waals surface area contributed by atoms with E-state index in [0.717, 1.165) is 22.3 Å². The average Bonchev–Trinajstić information content (AvgIpc) is 3.09. The molecule has 1 aliphatic rings. The number of fused-ring (bicyclic) bond motifs is 3. The standard InChI is InChI=1S/C24H18Br2FNO4/c25-14-9-13(22(27)20(26)11-14)10-21(23(29)30)28-24(31)32-12-19-17-7-3-1-5-15(17)16-6-2-4-8-18(16)19/h1-9,11,19,21H,10,12H2,(H,28,31)(H,29,30). The van der Waals surface area contributed by atoms with Crippen molar-refractivity contribution in [2.45, 2.75) is 18.4 Å². The summed E-state index contributed by atoms with van der Waals surface area (Å²) in [5.74, 6) is -2.00. The highest BCUT2D eigenvalue weighted by Gasteiger charge is 2.30. The van der Waals surface area contributed by atoms with Crippen molar-refractivity contribution in [3.05, 3.63) is 92.1 Å². The van der Waals surface area contributed by atoms with Crippen molar-refractivity contribution in [3.8, 4) is 11.1 Å². The first-order chi connectivity index (χ1) is 15.3. The van der Waals surface area contributed by atoms with Crippen LogP contribution in [0.5, 0.6) is 0 Å². The number of carbonyl (C=O) groups is 2. The summed E-state index contributed by atoms with van der Waals surface area (Å²) >= 11 is 6.36. The van der Waals surface area contributed by atoms with Crippen LogP contribution in [0.15, 0.2) is 69.6 Å². The second kappa shape index (κ2) is 9.42. The molecule has 0 saturated carbocycles. The number of carboxylic acids is 1. The van der Waals surface area contributed by atoms with Gasteiger partial charge in [-0.2, -0.15) is 0 Å². The SMILES string of the molecule is O=C(NC(Cc1cc(Br)cc(Br)c1F)C(=O)O)OCC1c2ccccc2-c2ccccc21. The lowest BCUT2D eigenvalue weighted by Crippen LogP contribution is -2.43. The fourth-order valence-corrected chi connectivity index (χ4v) is 5.27. The highest BCUT2D eigenvalue weighted by Crippen LogP contribution is 2.44. The Kier molecular flexibility index (Phi) is 6.62. The minimum Gasteiger partial charge on any atom is -0.480 e. The van der Waals surface area contributed by atoms with Gasteiger partial charge in [0.15, 0.2) is 0 Å². The zero-order valence-electron chi connectivity index (χ0n) is 16.6. The van der Waals surface area contributed by atoms with Crippen molar-refractivity contribution in [3.63, 3.8) is 0 Å². The molecule has 1 atom stereocenters. The fourth-order valence-electron chi connectivity index (χ4n) is 3.96. The van der Waals surface area contributed by atoms with Gasteiger partial charge in [0.2, 0.25) is 0 Å². The molecule has 5 nitrogen and oxygen atoms in total. The average molecular weight is 563 g/mol. The van der Waals surface area contributed by atoms with E-state index in [4.69, 9.17) is 4.74 Å². The number of rotatable bonds is 6. The van der Waals surface area contributed by atoms with Gasteiger partial charge in [-0.15, -0.1) is 0 Å². The number of carbonyl (C=O) groups excluding carboxylic acids is 1. The summed E-state index contributed by atoms with van der Waals surface area (Å²) in [4.78, 5) is 24.1. The molecule has 0 radical (unpaired) electrons. The smallest absolute Gasteiger partial charge is 0.407 e. The first-order valence-corrected chi connectivity index (χ1v) is 11.4. The van der Waals surface area contributed by atoms with Crippen LogP contribution in [0.1, 0.15) is 22.6 Å². The summed E-state index contributed by atoms with van der Waals surface area (Å²) < 4.78 is 20.6. The van der Waals surface area contributed by atoms with E-state index in [-0.39, 0.29) is 29.0 Å². The molecule has 1 aliphatic carbocycles. The number of halogens is 3. The van der Waals surface area contributed by atoms with Crippen LogP contribution in [0.25, 0.3) is 11.1 Å². The van der Waals surface area contributed by atoms with Crippen LogP contribution in [0.2, 0.25) is 0 Å². The third-order valence-corrected chi connectivity index (χ3v) is 6.46. The molecule has 0 fully saturated rings. The van der Waals surface area contributed by atoms with Gasteiger partial charge in [-0.25, -0.2) is 14.0 Å². The van der Waals surface area contributed by atoms with Crippen molar-refractivity contribution in [2.24, 2.45) is 0 Å². The van der Waals surface area contributed by atoms with Crippen LogP contribution in [0.4, 0.5) is 9.18 Å². The lowest BCUT2D eigenvalue weighted by atomic mass is 9.98. The molecule has 0 heterocycles. The van der Waals surface area contributed by atoms with Gasteiger partial charge in [0.1, 0.15) is 18.5 Å². The van der Waals surface area contributed by atoms with Crippen LogP contribution in [0, 0.1) is 5.82 Å². The van der Waals surface area contributed by atoms with Gasteiger partial charge >= 0.3 is 12.1 Å². The molecule has 0 aromatic heterocycles. The molecule has 3 aromatic rings. The molecule has 4 rings (SSSR count). The second-order valence-electron chi connectivity index (χ2n) is 7.43. The maximum Gasteiger partial charge on any atom is 0.407 e. The maximum absolute atomic E-state index is 14.4. The summed E-state index contributed by atoms with van der Waals surface area (Å²) in [5, 5.41) is 11.9. The van der Waals surface area contributed by atoms with E-state index >= 15 is 0 Å². The third-order valence-electron chi connectivity index (χ3n) is 5.43. The quantitative estimate of drug-likeness (QED) is 0.368. The zero-order valence-corrected chi connectivity index (χ0v) is 19.8. The van der Waals surface area contributed by atoms with Crippen molar-refractivity contribution < 1.29 is 23.8 Å². The Balaban J connectivity index is 1.46. The maximum atomic E-state index is 14.4. The molecule has 32 heavy (non-hydrogen) atoms. The number of alkyl carbamates (subject to hydrolysis) is 1. The van der Waals surface area contributed by atoms with Gasteiger partial charge < -0.3 is 15.2 Å². The van der Waals surface area contributed by atoms with Crippen LogP contribution in [-0.4, -0.2) is 29.8 Å². The number of nitrogens with one attached hydrogen (secondary N) is 1. The summed E-state index contributed by atoms with van der Waals surface area (Å²) in [7, 11) is 0. The summed E-state index contributed by atoms with van der Waals surface area (Å²) in [6.45, 7) is 0.0585. The number of aliphatic carboxylic acids is 1. The Hall–Kier alpha value is -2.71. The van der Waals surface area contributed by atoms with E-state index in [1.54, 1.807) is 0 Å². The van der Waals surface area contributed by atoms with Crippen molar-refractivity contribution in [2.75, 3.05) is 6.61 Å². The fraction of sp³-hybridized carbons (Fsp3) is 0.167. The molecule has 3 aromatic carbocycles. The second-order valence-corrected chi connectivity index (χ2v) is 9.20. The van der Waals surface area contributed by atoms with Gasteiger partial charge in [-0.3, -0.25) is 0 Å². The van der Waals surface area contributed by atoms with E-state index < -0.39 is 23.9 Å². The predicted octanol–water partition coefficient (Wildman–Crippen LogP) is 5.89. The van der Waals surface area contributed by atoms with Crippen LogP contribution in [-0.2, 0) is 16.0 Å². The van der Waals surface area contributed by atoms with Crippen LogP contribution in [0.3, 0.4) is 0 Å². The number of benzene rings is 3. The highest BCUT2D eigenvalue weighted by molar-refractivity contribution is 9.11. The lowest BCUT2D eigenvalue weighted by molar-refractivity contribution is -0.139. The Morgan fingerprint density at radius 1 is 1.03 bits per heavy atom. The largest absolute Gasteiger partial charge is 0.480 e. The van der Waals surface area contributed by atoms with E-state index in [1.807, 2.05) is 48.5 Å². The first-order valence-electron chi connectivity index (χ1n) is 9.83. The molecule has 2 N–H and O–H groups in total. The normalized spacial score (nSPS) is 13.2. The highest BCUT2D eigenvalue weighted by atomic mass is 79.9. The molecule has 0 spiro atoms. The molecular weight excluding hydrogens is 545 g/mol. The Morgan fingerprint density at radius 2 is 1.62 bits per heavy atom. The number of hydrogen-bond acceptors (Lipinski definition) is 3. The van der Waals surface area contributed by atoms with Gasteiger partial charge in [0, 0.05) is 16.8 Å². The van der Waals surface area contributed by atoms with Gasteiger partial charge in [0.25, 0.3) is 0 Å².